The van der Waals surface area contributed by atoms with Crippen LogP contribution in [0.15, 0.2) is 449 Å². The fourth-order valence-electron chi connectivity index (χ4n) is 17.8. The summed E-state index contributed by atoms with van der Waals surface area (Å²) in [7, 11) is 6.44. The van der Waals surface area contributed by atoms with E-state index in [0.29, 0.717) is 0 Å². The van der Waals surface area contributed by atoms with E-state index in [1.54, 1.807) is 0 Å². The van der Waals surface area contributed by atoms with Gasteiger partial charge in [-0.15, -0.1) is 0 Å². The minimum absolute atomic E-state index is 0.840. The third-order valence-corrected chi connectivity index (χ3v) is 24.7. The Kier molecular flexibility index (Phi) is 22.5. The standard InChI is InChI=1S/C60H52N4.C57H46N4/c1-4-61(50-28-22-47(23-29-50)44-16-10-7-11-17-44)53-34-36-54(37-35-53)64-59-40-38-55(62(5-2)51-30-24-48(25-31-51)45-18-12-8-13-19-45)42-57(59)58-43-56(39-41-60(58)64)63(6-3)52-32-26-49(27-33-52)46-20-14-9-15-21-46;1-58(47-25-19-44(20-26-47)41-13-7-4-8-14-41)50-31-33-51(34-32-50)61-56-37-35-52(59(2)48-27-21-45(22-28-48)42-15-9-5-10-16-42)39-54(56)55-40-53(36-38-57(55)61)60(3)49-29-23-46(24-30-49)43-17-11-6-12-18-43/h7-43H,4-6H2,1-3H3;4-40H,1-3H3. The van der Waals surface area contributed by atoms with E-state index in [9.17, 15) is 0 Å². The summed E-state index contributed by atoms with van der Waals surface area (Å²) in [5, 5.41) is 4.85. The number of fused-ring (bicyclic) bond motifs is 6. The Morgan fingerprint density at radius 1 is 0.160 bits per heavy atom. The summed E-state index contributed by atoms with van der Waals surface area (Å²) in [4.78, 5) is 14.0. The predicted octanol–water partition coefficient (Wildman–Crippen LogP) is 31.3. The topological polar surface area (TPSA) is 29.3 Å². The zero-order valence-corrected chi connectivity index (χ0v) is 71.4. The van der Waals surface area contributed by atoms with Crippen LogP contribution in [0.4, 0.5) is 68.2 Å². The number of nitrogens with zero attached hydrogens (tertiary/aromatic N) is 8. The number of hydrogen-bond acceptors (Lipinski definition) is 6. The lowest BCUT2D eigenvalue weighted by Crippen LogP contribution is -2.16. The molecule has 0 atom stereocenters. The van der Waals surface area contributed by atoms with Crippen LogP contribution in [0, 0.1) is 0 Å². The Morgan fingerprint density at radius 3 is 0.544 bits per heavy atom. The monoisotopic (exact) mass is 1610 g/mol. The lowest BCUT2D eigenvalue weighted by molar-refractivity contribution is 1.02. The maximum Gasteiger partial charge on any atom is 0.0542 e. The first kappa shape index (κ1) is 79.2. The third-order valence-electron chi connectivity index (χ3n) is 24.7. The zero-order chi connectivity index (χ0) is 84.7. The number of rotatable bonds is 23. The molecular weight excluding hydrogens is 1520 g/mol. The zero-order valence-electron chi connectivity index (χ0n) is 71.4. The van der Waals surface area contributed by atoms with Crippen LogP contribution in [-0.2, 0) is 0 Å². The molecule has 18 aromatic carbocycles. The molecule has 2 aromatic heterocycles. The van der Waals surface area contributed by atoms with Gasteiger partial charge in [-0.25, -0.2) is 0 Å². The predicted molar refractivity (Wildman–Crippen MR) is 535 cm³/mol. The molecule has 0 aliphatic heterocycles. The van der Waals surface area contributed by atoms with E-state index in [1.807, 2.05) is 0 Å². The van der Waals surface area contributed by atoms with Gasteiger partial charge in [0.05, 0.1) is 22.1 Å². The van der Waals surface area contributed by atoms with Crippen molar-refractivity contribution < 1.29 is 0 Å². The van der Waals surface area contributed by atoms with Crippen molar-refractivity contribution in [1.29, 1.82) is 0 Å². The Labute approximate surface area is 734 Å². The molecule has 606 valence electrons. The molecule has 0 fully saturated rings. The van der Waals surface area contributed by atoms with Gasteiger partial charge in [-0.05, 0) is 282 Å². The lowest BCUT2D eigenvalue weighted by Gasteiger charge is -2.24. The minimum Gasteiger partial charge on any atom is -0.345 e. The van der Waals surface area contributed by atoms with E-state index >= 15 is 0 Å². The summed E-state index contributed by atoms with van der Waals surface area (Å²) in [6, 6.07) is 162. The SMILES string of the molecule is CCN(c1ccc(-c2ccccc2)cc1)c1ccc(-n2c3ccc(N(CC)c4ccc(-c5ccccc5)cc4)cc3c3cc(N(CC)c4ccc(-c5ccccc5)cc4)ccc32)cc1.CN(c1ccc(-c2ccccc2)cc1)c1ccc(-n2c3ccc(N(C)c4ccc(-c5ccccc5)cc4)cc3c3cc(N(C)c4ccc(-c5ccccc5)cc4)ccc32)cc1. The average Bonchev–Trinajstić information content (AvgIpc) is 1.59. The van der Waals surface area contributed by atoms with Gasteiger partial charge in [0.1, 0.15) is 0 Å². The second kappa shape index (κ2) is 35.6. The summed E-state index contributed by atoms with van der Waals surface area (Å²) in [5.74, 6) is 0. The van der Waals surface area contributed by atoms with E-state index in [1.165, 1.54) is 128 Å². The van der Waals surface area contributed by atoms with E-state index in [2.05, 4.69) is 529 Å². The smallest absolute Gasteiger partial charge is 0.0542 e. The quantitative estimate of drug-likeness (QED) is 0.0634. The highest BCUT2D eigenvalue weighted by Gasteiger charge is 2.22. The first-order valence-corrected chi connectivity index (χ1v) is 43.4. The molecule has 0 N–H and O–H groups in total. The second-order valence-electron chi connectivity index (χ2n) is 31.9. The molecule has 0 unspecified atom stereocenters. The van der Waals surface area contributed by atoms with Gasteiger partial charge in [0.25, 0.3) is 0 Å². The highest BCUT2D eigenvalue weighted by molar-refractivity contribution is 6.13. The highest BCUT2D eigenvalue weighted by Crippen LogP contribution is 2.44. The fraction of sp³-hybridized carbons (Fsp3) is 0.0769. The maximum atomic E-state index is 2.43. The molecular formula is C117H98N8. The molecule has 2 heterocycles. The Morgan fingerprint density at radius 2 is 0.320 bits per heavy atom. The number of aromatic nitrogens is 2. The molecule has 0 saturated carbocycles. The van der Waals surface area contributed by atoms with E-state index in [-0.39, 0.29) is 0 Å². The normalized spacial score (nSPS) is 11.2. The average molecular weight is 1620 g/mol. The summed E-state index contributed by atoms with van der Waals surface area (Å²) >= 11 is 0. The van der Waals surface area contributed by atoms with Crippen LogP contribution in [0.25, 0.3) is 122 Å². The Bertz CT molecular complexity index is 6750. The molecule has 0 aliphatic carbocycles. The molecule has 8 heteroatoms. The molecule has 8 nitrogen and oxygen atoms in total. The molecule has 0 spiro atoms. The van der Waals surface area contributed by atoms with Crippen molar-refractivity contribution in [1.82, 2.24) is 9.13 Å². The van der Waals surface area contributed by atoms with Crippen molar-refractivity contribution >= 4 is 112 Å². The van der Waals surface area contributed by atoms with E-state index in [0.717, 1.165) is 81.9 Å². The lowest BCUT2D eigenvalue weighted by atomic mass is 10.0. The molecule has 0 saturated heterocycles. The summed E-state index contributed by atoms with van der Waals surface area (Å²) in [6.07, 6.45) is 0. The van der Waals surface area contributed by atoms with Crippen molar-refractivity contribution in [2.75, 3.05) is 70.2 Å². The molecule has 125 heavy (non-hydrogen) atoms. The van der Waals surface area contributed by atoms with Crippen molar-refractivity contribution in [3.63, 3.8) is 0 Å². The maximum absolute atomic E-state index is 2.43. The summed E-state index contributed by atoms with van der Waals surface area (Å²) in [5.41, 5.74) is 35.4. The van der Waals surface area contributed by atoms with Crippen LogP contribution in [0.1, 0.15) is 20.8 Å². The third kappa shape index (κ3) is 16.3. The van der Waals surface area contributed by atoms with Gasteiger partial charge >= 0.3 is 0 Å². The van der Waals surface area contributed by atoms with Crippen LogP contribution in [0.5, 0.6) is 0 Å². The molecule has 0 amide bonds. The molecule has 0 bridgehead atoms. The first-order chi connectivity index (χ1) is 61.6. The Balaban J connectivity index is 0.000000164. The van der Waals surface area contributed by atoms with Gasteiger partial charge in [-0.3, -0.25) is 0 Å². The van der Waals surface area contributed by atoms with Gasteiger partial charge in [-0.2, -0.15) is 0 Å². The molecule has 20 aromatic rings. The molecule has 0 radical (unpaired) electrons. The minimum atomic E-state index is 0.840. The van der Waals surface area contributed by atoms with Crippen LogP contribution in [-0.4, -0.2) is 49.9 Å². The number of hydrogen-bond donors (Lipinski definition) is 0. The number of benzene rings is 18. The van der Waals surface area contributed by atoms with Crippen LogP contribution >= 0.6 is 0 Å². The van der Waals surface area contributed by atoms with Gasteiger partial charge < -0.3 is 38.5 Å². The van der Waals surface area contributed by atoms with Crippen molar-refractivity contribution in [2.24, 2.45) is 0 Å². The second-order valence-corrected chi connectivity index (χ2v) is 31.9. The Hall–Kier alpha value is -15.6. The van der Waals surface area contributed by atoms with Crippen LogP contribution in [0.3, 0.4) is 0 Å². The van der Waals surface area contributed by atoms with Gasteiger partial charge in [0.2, 0.25) is 0 Å². The van der Waals surface area contributed by atoms with Crippen molar-refractivity contribution in [3.8, 4) is 78.1 Å². The fourth-order valence-corrected chi connectivity index (χ4v) is 17.8. The number of anilines is 12. The van der Waals surface area contributed by atoms with Crippen molar-refractivity contribution in [3.05, 3.63) is 449 Å². The largest absolute Gasteiger partial charge is 0.345 e. The molecule has 0 aliphatic rings. The van der Waals surface area contributed by atoms with Crippen LogP contribution in [0.2, 0.25) is 0 Å². The highest BCUT2D eigenvalue weighted by atomic mass is 15.2. The first-order valence-electron chi connectivity index (χ1n) is 43.4. The van der Waals surface area contributed by atoms with E-state index in [4.69, 9.17) is 0 Å². The van der Waals surface area contributed by atoms with Gasteiger partial charge in [-0.1, -0.05) is 255 Å². The van der Waals surface area contributed by atoms with E-state index < -0.39 is 0 Å². The summed E-state index contributed by atoms with van der Waals surface area (Å²) < 4.78 is 4.84. The van der Waals surface area contributed by atoms with Gasteiger partial charge in [0.15, 0.2) is 0 Å². The summed E-state index contributed by atoms with van der Waals surface area (Å²) in [6.45, 7) is 9.22. The van der Waals surface area contributed by atoms with Crippen LogP contribution < -0.4 is 29.4 Å². The van der Waals surface area contributed by atoms with Gasteiger partial charge in [0, 0.05) is 142 Å². The van der Waals surface area contributed by atoms with Crippen molar-refractivity contribution in [2.45, 2.75) is 20.8 Å². The molecule has 20 rings (SSSR count).